The van der Waals surface area contributed by atoms with Gasteiger partial charge in [0, 0.05) is 30.3 Å². The molecular weight excluding hydrogens is 252 g/mol. The van der Waals surface area contributed by atoms with Crippen molar-refractivity contribution in [1.82, 2.24) is 5.32 Å². The zero-order valence-electron chi connectivity index (χ0n) is 12.6. The maximum absolute atomic E-state index is 12.2. The van der Waals surface area contributed by atoms with Crippen LogP contribution in [-0.2, 0) is 11.2 Å². The first kappa shape index (κ1) is 14.7. The van der Waals surface area contributed by atoms with Gasteiger partial charge in [-0.2, -0.15) is 0 Å². The highest BCUT2D eigenvalue weighted by Crippen LogP contribution is 2.28. The molecule has 0 aromatic heterocycles. The van der Waals surface area contributed by atoms with Crippen molar-refractivity contribution in [2.24, 2.45) is 0 Å². The van der Waals surface area contributed by atoms with Crippen LogP contribution < -0.4 is 10.2 Å². The van der Waals surface area contributed by atoms with Gasteiger partial charge in [0.25, 0.3) is 0 Å². The molecule has 0 saturated carbocycles. The number of carbonyl (C=O) groups excluding carboxylic acids is 2. The summed E-state index contributed by atoms with van der Waals surface area (Å²) in [6.07, 6.45) is 0.822. The van der Waals surface area contributed by atoms with Crippen molar-refractivity contribution in [3.8, 4) is 0 Å². The number of carbonyl (C=O) groups is 2. The number of ketones is 1. The summed E-state index contributed by atoms with van der Waals surface area (Å²) < 4.78 is 0. The molecule has 4 heteroatoms. The molecule has 20 heavy (non-hydrogen) atoms. The average molecular weight is 274 g/mol. The molecule has 0 radical (unpaired) electrons. The lowest BCUT2D eigenvalue weighted by atomic mass is 10.0. The van der Waals surface area contributed by atoms with Gasteiger partial charge in [-0.15, -0.1) is 0 Å². The van der Waals surface area contributed by atoms with Gasteiger partial charge in [-0.1, -0.05) is 0 Å². The summed E-state index contributed by atoms with van der Waals surface area (Å²) in [5.74, 6) is 0.140. The monoisotopic (exact) mass is 274 g/mol. The Balaban J connectivity index is 2.13. The Morgan fingerprint density at radius 2 is 2.00 bits per heavy atom. The molecule has 4 nitrogen and oxygen atoms in total. The molecule has 0 bridgehead atoms. The zero-order valence-corrected chi connectivity index (χ0v) is 12.6. The van der Waals surface area contributed by atoms with E-state index in [1.165, 1.54) is 0 Å². The number of benzene rings is 1. The highest BCUT2D eigenvalue weighted by atomic mass is 16.2. The van der Waals surface area contributed by atoms with Crippen molar-refractivity contribution in [2.45, 2.75) is 39.7 Å². The molecule has 1 aromatic rings. The number of rotatable bonds is 3. The van der Waals surface area contributed by atoms with E-state index in [2.05, 4.69) is 5.32 Å². The average Bonchev–Trinajstić information content (AvgIpc) is 2.77. The van der Waals surface area contributed by atoms with E-state index in [-0.39, 0.29) is 17.2 Å². The smallest absolute Gasteiger partial charge is 0.223 e. The minimum atomic E-state index is -0.0716. The number of amides is 1. The van der Waals surface area contributed by atoms with Crippen molar-refractivity contribution < 1.29 is 9.59 Å². The van der Waals surface area contributed by atoms with E-state index in [4.69, 9.17) is 0 Å². The summed E-state index contributed by atoms with van der Waals surface area (Å²) in [5.41, 5.74) is 2.67. The van der Waals surface area contributed by atoms with E-state index >= 15 is 0 Å². The van der Waals surface area contributed by atoms with Crippen molar-refractivity contribution in [3.05, 3.63) is 29.3 Å². The van der Waals surface area contributed by atoms with Crippen molar-refractivity contribution in [3.63, 3.8) is 0 Å². The number of hydrogen-bond donors (Lipinski definition) is 1. The standard InChI is InChI=1S/C16H22N2O2/c1-11(19)18-8-7-12-9-13(5-6-14(12)18)15(20)10-17-16(2,3)4/h5-6,9,17H,7-8,10H2,1-4H3. The fraction of sp³-hybridized carbons (Fsp3) is 0.500. The highest BCUT2D eigenvalue weighted by Gasteiger charge is 2.23. The number of hydrogen-bond acceptors (Lipinski definition) is 3. The lowest BCUT2D eigenvalue weighted by Crippen LogP contribution is -2.39. The minimum Gasteiger partial charge on any atom is -0.312 e. The van der Waals surface area contributed by atoms with Crippen LogP contribution in [0, 0.1) is 0 Å². The third-order valence-corrected chi connectivity index (χ3v) is 3.46. The van der Waals surface area contributed by atoms with E-state index in [9.17, 15) is 9.59 Å². The quantitative estimate of drug-likeness (QED) is 0.859. The molecule has 0 atom stereocenters. The topological polar surface area (TPSA) is 49.4 Å². The van der Waals surface area contributed by atoms with Gasteiger partial charge in [0.05, 0.1) is 6.54 Å². The van der Waals surface area contributed by atoms with Crippen LogP contribution >= 0.6 is 0 Å². The Morgan fingerprint density at radius 1 is 1.30 bits per heavy atom. The molecule has 1 N–H and O–H groups in total. The first-order chi connectivity index (χ1) is 9.28. The number of Topliss-reactive ketones (excluding diaryl/α,β-unsaturated/α-hetero) is 1. The highest BCUT2D eigenvalue weighted by molar-refractivity contribution is 6.00. The van der Waals surface area contributed by atoms with Gasteiger partial charge in [-0.25, -0.2) is 0 Å². The summed E-state index contributed by atoms with van der Waals surface area (Å²) in [5, 5.41) is 3.20. The Bertz CT molecular complexity index is 544. The molecule has 0 fully saturated rings. The SMILES string of the molecule is CC(=O)N1CCc2cc(C(=O)CNC(C)(C)C)ccc21. The van der Waals surface area contributed by atoms with Gasteiger partial charge in [0.15, 0.2) is 5.78 Å². The Hall–Kier alpha value is -1.68. The van der Waals surface area contributed by atoms with Crippen LogP contribution in [0.2, 0.25) is 0 Å². The molecule has 0 unspecified atom stereocenters. The second-order valence-corrected chi connectivity index (χ2v) is 6.29. The van der Waals surface area contributed by atoms with Crippen LogP contribution in [0.25, 0.3) is 0 Å². The fourth-order valence-electron chi connectivity index (χ4n) is 2.35. The Kier molecular flexibility index (Phi) is 3.95. The van der Waals surface area contributed by atoms with Crippen molar-refractivity contribution in [2.75, 3.05) is 18.0 Å². The summed E-state index contributed by atoms with van der Waals surface area (Å²) in [7, 11) is 0. The third-order valence-electron chi connectivity index (χ3n) is 3.46. The Morgan fingerprint density at radius 3 is 2.60 bits per heavy atom. The van der Waals surface area contributed by atoms with E-state index in [0.717, 1.165) is 17.7 Å². The van der Waals surface area contributed by atoms with Crippen molar-refractivity contribution in [1.29, 1.82) is 0 Å². The van der Waals surface area contributed by atoms with Crippen LogP contribution in [-0.4, -0.2) is 30.3 Å². The maximum Gasteiger partial charge on any atom is 0.223 e. The van der Waals surface area contributed by atoms with E-state index < -0.39 is 0 Å². The van der Waals surface area contributed by atoms with Gasteiger partial charge < -0.3 is 10.2 Å². The summed E-state index contributed by atoms with van der Waals surface area (Å²) in [6, 6.07) is 5.62. The predicted molar refractivity (Wildman–Crippen MR) is 80.3 cm³/mol. The summed E-state index contributed by atoms with van der Waals surface area (Å²) in [6.45, 7) is 8.72. The largest absolute Gasteiger partial charge is 0.312 e. The predicted octanol–water partition coefficient (Wildman–Crippen LogP) is 2.17. The molecule has 108 valence electrons. The summed E-state index contributed by atoms with van der Waals surface area (Å²) >= 11 is 0. The number of anilines is 1. The first-order valence-electron chi connectivity index (χ1n) is 6.97. The van der Waals surface area contributed by atoms with Crippen LogP contribution in [0.3, 0.4) is 0 Å². The molecule has 1 amide bonds. The molecule has 0 aliphatic carbocycles. The molecule has 2 rings (SSSR count). The molecule has 1 aromatic carbocycles. The molecule has 1 heterocycles. The van der Waals surface area contributed by atoms with Crippen LogP contribution in [0.1, 0.15) is 43.6 Å². The Labute approximate surface area is 120 Å². The van der Waals surface area contributed by atoms with E-state index in [1.807, 2.05) is 39.0 Å². The third kappa shape index (κ3) is 3.25. The molecule has 1 aliphatic rings. The lowest BCUT2D eigenvalue weighted by Gasteiger charge is -2.20. The van der Waals surface area contributed by atoms with Gasteiger partial charge in [0.2, 0.25) is 5.91 Å². The van der Waals surface area contributed by atoms with Crippen molar-refractivity contribution >= 4 is 17.4 Å². The van der Waals surface area contributed by atoms with Gasteiger partial charge in [0.1, 0.15) is 0 Å². The van der Waals surface area contributed by atoms with Gasteiger partial charge in [-0.3, -0.25) is 9.59 Å². The van der Waals surface area contributed by atoms with Gasteiger partial charge >= 0.3 is 0 Å². The van der Waals surface area contributed by atoms with E-state index in [0.29, 0.717) is 18.7 Å². The van der Waals surface area contributed by atoms with Crippen LogP contribution in [0.5, 0.6) is 0 Å². The molecular formula is C16H22N2O2. The first-order valence-corrected chi connectivity index (χ1v) is 6.97. The fourth-order valence-corrected chi connectivity index (χ4v) is 2.35. The normalized spacial score (nSPS) is 14.3. The zero-order chi connectivity index (χ0) is 14.9. The van der Waals surface area contributed by atoms with Gasteiger partial charge in [-0.05, 0) is 51.0 Å². The summed E-state index contributed by atoms with van der Waals surface area (Å²) in [4.78, 5) is 25.4. The minimum absolute atomic E-state index is 0.0530. The maximum atomic E-state index is 12.2. The number of nitrogens with one attached hydrogen (secondary N) is 1. The lowest BCUT2D eigenvalue weighted by molar-refractivity contribution is -0.116. The molecule has 0 saturated heterocycles. The number of nitrogens with zero attached hydrogens (tertiary/aromatic N) is 1. The molecule has 0 spiro atoms. The second kappa shape index (κ2) is 5.37. The second-order valence-electron chi connectivity index (χ2n) is 6.29. The number of fused-ring (bicyclic) bond motifs is 1. The van der Waals surface area contributed by atoms with Crippen LogP contribution in [0.4, 0.5) is 5.69 Å². The van der Waals surface area contributed by atoms with E-state index in [1.54, 1.807) is 11.8 Å². The molecule has 1 aliphatic heterocycles. The van der Waals surface area contributed by atoms with Crippen LogP contribution in [0.15, 0.2) is 18.2 Å².